The smallest absolute Gasteiger partial charge is 0.222 e. The monoisotopic (exact) mass is 258 g/mol. The predicted octanol–water partition coefficient (Wildman–Crippen LogP) is 2.44. The standard InChI is InChI=1S/C9H8Cl2N4O/c10-6-2-1-3-7(11)8(6)15(14-16)9-12-4-5-13-9/h1-3H,4-5H2,(H,12,13). The van der Waals surface area contributed by atoms with Crippen LogP contribution < -0.4 is 10.3 Å². The first kappa shape index (κ1) is 11.2. The molecule has 1 heterocycles. The van der Waals surface area contributed by atoms with Gasteiger partial charge in [-0.2, -0.15) is 5.01 Å². The van der Waals surface area contributed by atoms with Gasteiger partial charge >= 0.3 is 0 Å². The first-order chi connectivity index (χ1) is 7.74. The van der Waals surface area contributed by atoms with Crippen molar-refractivity contribution in [3.8, 4) is 0 Å². The van der Waals surface area contributed by atoms with Crippen molar-refractivity contribution in [2.24, 2.45) is 10.3 Å². The van der Waals surface area contributed by atoms with Crippen molar-refractivity contribution in [1.29, 1.82) is 0 Å². The largest absolute Gasteiger partial charge is 0.353 e. The van der Waals surface area contributed by atoms with E-state index in [4.69, 9.17) is 23.2 Å². The molecule has 0 saturated carbocycles. The molecule has 0 spiro atoms. The summed E-state index contributed by atoms with van der Waals surface area (Å²) in [7, 11) is 0. The van der Waals surface area contributed by atoms with E-state index in [9.17, 15) is 4.91 Å². The minimum atomic E-state index is 0.342. The van der Waals surface area contributed by atoms with E-state index in [-0.39, 0.29) is 0 Å². The molecule has 1 aromatic carbocycles. The number of hydrogen-bond donors (Lipinski definition) is 1. The molecule has 0 saturated heterocycles. The third-order valence-electron chi connectivity index (χ3n) is 2.09. The number of nitrogens with one attached hydrogen (secondary N) is 1. The lowest BCUT2D eigenvalue weighted by molar-refractivity contribution is 0.942. The molecule has 84 valence electrons. The maximum absolute atomic E-state index is 10.8. The summed E-state index contributed by atoms with van der Waals surface area (Å²) in [4.78, 5) is 14.9. The molecule has 1 N–H and O–H groups in total. The van der Waals surface area contributed by atoms with E-state index in [1.165, 1.54) is 0 Å². The molecule has 0 amide bonds. The fourth-order valence-corrected chi connectivity index (χ4v) is 1.96. The summed E-state index contributed by atoms with van der Waals surface area (Å²) in [6.07, 6.45) is 0. The van der Waals surface area contributed by atoms with E-state index in [1.54, 1.807) is 18.2 Å². The van der Waals surface area contributed by atoms with Crippen molar-refractivity contribution in [2.45, 2.75) is 0 Å². The SMILES string of the molecule is O=NN(C1=NCCN1)c1c(Cl)cccc1Cl. The summed E-state index contributed by atoms with van der Waals surface area (Å²) in [6, 6.07) is 4.97. The molecule has 2 rings (SSSR count). The molecular weight excluding hydrogens is 251 g/mol. The van der Waals surface area contributed by atoms with Crippen LogP contribution in [-0.4, -0.2) is 19.0 Å². The van der Waals surface area contributed by atoms with Gasteiger partial charge in [-0.05, 0) is 12.1 Å². The van der Waals surface area contributed by atoms with Crippen molar-refractivity contribution in [3.05, 3.63) is 33.2 Å². The molecule has 0 unspecified atom stereocenters. The predicted molar refractivity (Wildman–Crippen MR) is 65.0 cm³/mol. The number of halogens is 2. The van der Waals surface area contributed by atoms with E-state index in [2.05, 4.69) is 15.6 Å². The Balaban J connectivity index is 2.44. The van der Waals surface area contributed by atoms with Gasteiger partial charge in [0.15, 0.2) is 0 Å². The molecule has 1 aromatic rings. The molecule has 0 fully saturated rings. The molecule has 16 heavy (non-hydrogen) atoms. The Labute approximate surface area is 102 Å². The van der Waals surface area contributed by atoms with Crippen LogP contribution in [0.15, 0.2) is 28.5 Å². The molecule has 5 nitrogen and oxygen atoms in total. The number of rotatable bonds is 2. The number of nitrogens with zero attached hydrogens (tertiary/aromatic N) is 3. The summed E-state index contributed by atoms with van der Waals surface area (Å²) in [5, 5.41) is 7.58. The summed E-state index contributed by atoms with van der Waals surface area (Å²) < 4.78 is 0. The van der Waals surface area contributed by atoms with E-state index in [0.717, 1.165) is 5.01 Å². The first-order valence-corrected chi connectivity index (χ1v) is 5.35. The fourth-order valence-electron chi connectivity index (χ4n) is 1.40. The third-order valence-corrected chi connectivity index (χ3v) is 2.70. The Morgan fingerprint density at radius 2 is 2.06 bits per heavy atom. The zero-order valence-electron chi connectivity index (χ0n) is 8.15. The van der Waals surface area contributed by atoms with Crippen molar-refractivity contribution in [3.63, 3.8) is 0 Å². The lowest BCUT2D eigenvalue weighted by atomic mass is 10.3. The molecule has 0 aromatic heterocycles. The Morgan fingerprint density at radius 1 is 1.38 bits per heavy atom. The van der Waals surface area contributed by atoms with Crippen LogP contribution in [0.3, 0.4) is 0 Å². The van der Waals surface area contributed by atoms with E-state index >= 15 is 0 Å². The molecule has 0 atom stereocenters. The Bertz CT molecular complexity index is 429. The second-order valence-electron chi connectivity index (χ2n) is 3.10. The number of guanidine groups is 1. The highest BCUT2D eigenvalue weighted by molar-refractivity contribution is 6.39. The van der Waals surface area contributed by atoms with E-state index in [0.29, 0.717) is 34.8 Å². The van der Waals surface area contributed by atoms with Gasteiger partial charge in [0, 0.05) is 6.54 Å². The molecule has 0 radical (unpaired) electrons. The van der Waals surface area contributed by atoms with Gasteiger partial charge in [-0.1, -0.05) is 29.3 Å². The van der Waals surface area contributed by atoms with Gasteiger partial charge in [-0.3, -0.25) is 0 Å². The van der Waals surface area contributed by atoms with Gasteiger partial charge in [0.2, 0.25) is 5.96 Å². The Kier molecular flexibility index (Phi) is 3.26. The van der Waals surface area contributed by atoms with Crippen molar-refractivity contribution in [2.75, 3.05) is 18.1 Å². The highest BCUT2D eigenvalue weighted by Gasteiger charge is 2.22. The maximum Gasteiger partial charge on any atom is 0.222 e. The lowest BCUT2D eigenvalue weighted by Crippen LogP contribution is -2.35. The topological polar surface area (TPSA) is 57.1 Å². The zero-order valence-corrected chi connectivity index (χ0v) is 9.66. The minimum absolute atomic E-state index is 0.342. The van der Waals surface area contributed by atoms with Crippen LogP contribution in [0.4, 0.5) is 5.69 Å². The number of para-hydroxylation sites is 1. The fraction of sp³-hybridized carbons (Fsp3) is 0.222. The molecule has 1 aliphatic heterocycles. The molecule has 0 bridgehead atoms. The summed E-state index contributed by atoms with van der Waals surface area (Å²) in [6.45, 7) is 1.27. The van der Waals surface area contributed by atoms with Gasteiger partial charge in [-0.15, -0.1) is 4.91 Å². The number of benzene rings is 1. The van der Waals surface area contributed by atoms with Gasteiger partial charge in [0.05, 0.1) is 21.9 Å². The third kappa shape index (κ3) is 1.96. The number of hydrogen-bond acceptors (Lipinski definition) is 4. The summed E-state index contributed by atoms with van der Waals surface area (Å²) in [5.41, 5.74) is 0.342. The molecule has 0 aliphatic carbocycles. The second-order valence-corrected chi connectivity index (χ2v) is 3.91. The summed E-state index contributed by atoms with van der Waals surface area (Å²) >= 11 is 11.9. The number of nitroso groups, excluding NO2 is 1. The zero-order chi connectivity index (χ0) is 11.5. The van der Waals surface area contributed by atoms with Crippen LogP contribution in [0.25, 0.3) is 0 Å². The molecule has 1 aliphatic rings. The van der Waals surface area contributed by atoms with E-state index in [1.807, 2.05) is 0 Å². The maximum atomic E-state index is 10.8. The molecule has 7 heteroatoms. The Hall–Kier alpha value is -1.33. The molecular formula is C9H8Cl2N4O. The van der Waals surface area contributed by atoms with Crippen molar-refractivity contribution < 1.29 is 0 Å². The van der Waals surface area contributed by atoms with Gasteiger partial charge in [0.1, 0.15) is 5.69 Å². The van der Waals surface area contributed by atoms with Crippen LogP contribution in [0, 0.1) is 4.91 Å². The Morgan fingerprint density at radius 3 is 2.56 bits per heavy atom. The normalized spacial score (nSPS) is 14.2. The highest BCUT2D eigenvalue weighted by atomic mass is 35.5. The first-order valence-electron chi connectivity index (χ1n) is 4.60. The van der Waals surface area contributed by atoms with E-state index < -0.39 is 0 Å². The van der Waals surface area contributed by atoms with Crippen molar-refractivity contribution >= 4 is 34.8 Å². The van der Waals surface area contributed by atoms with Gasteiger partial charge in [-0.25, -0.2) is 4.99 Å². The number of anilines is 1. The average Bonchev–Trinajstić information content (AvgIpc) is 2.77. The van der Waals surface area contributed by atoms with Crippen LogP contribution in [-0.2, 0) is 0 Å². The van der Waals surface area contributed by atoms with Gasteiger partial charge < -0.3 is 5.32 Å². The van der Waals surface area contributed by atoms with Crippen LogP contribution in [0.5, 0.6) is 0 Å². The van der Waals surface area contributed by atoms with Crippen LogP contribution >= 0.6 is 23.2 Å². The summed E-state index contributed by atoms with van der Waals surface area (Å²) in [5.74, 6) is 0.366. The average molecular weight is 259 g/mol. The highest BCUT2D eigenvalue weighted by Crippen LogP contribution is 2.33. The van der Waals surface area contributed by atoms with Gasteiger partial charge in [0.25, 0.3) is 0 Å². The van der Waals surface area contributed by atoms with Crippen LogP contribution in [0.1, 0.15) is 0 Å². The van der Waals surface area contributed by atoms with Crippen LogP contribution in [0.2, 0.25) is 10.0 Å². The number of aliphatic imine (C=N–C) groups is 1. The second kappa shape index (κ2) is 4.67. The minimum Gasteiger partial charge on any atom is -0.353 e. The van der Waals surface area contributed by atoms with Crippen molar-refractivity contribution in [1.82, 2.24) is 5.32 Å². The lowest BCUT2D eigenvalue weighted by Gasteiger charge is -2.17. The quantitative estimate of drug-likeness (QED) is 0.655.